The van der Waals surface area contributed by atoms with Gasteiger partial charge >= 0.3 is 0 Å². The Morgan fingerprint density at radius 2 is 1.88 bits per heavy atom. The number of hydrogen-bond acceptors (Lipinski definition) is 7. The number of carbonyl (C=O) groups excluding carboxylic acids is 1. The second-order valence-corrected chi connectivity index (χ2v) is 9.19. The van der Waals surface area contributed by atoms with Crippen molar-refractivity contribution in [1.29, 1.82) is 0 Å². The van der Waals surface area contributed by atoms with E-state index in [1.165, 1.54) is 23.1 Å². The van der Waals surface area contributed by atoms with Crippen LogP contribution in [0.2, 0.25) is 0 Å². The number of nitrogens with one attached hydrogen (secondary N) is 1. The molecule has 0 saturated heterocycles. The molecule has 1 amide bonds. The molecule has 0 radical (unpaired) electrons. The van der Waals surface area contributed by atoms with E-state index < -0.39 is 5.25 Å². The SMILES string of the molecule is CC[C@H](Sc1nc2ccsc2c(=O)n1-c1ccc(OC)cc1)C(=O)Nc1cccc(OC)c1. The molecule has 0 spiro atoms. The first kappa shape index (κ1) is 22.9. The van der Waals surface area contributed by atoms with E-state index >= 15 is 0 Å². The van der Waals surface area contributed by atoms with Gasteiger partial charge in [-0.05, 0) is 54.3 Å². The molecule has 0 aliphatic heterocycles. The maximum atomic E-state index is 13.3. The van der Waals surface area contributed by atoms with Crippen LogP contribution < -0.4 is 20.3 Å². The summed E-state index contributed by atoms with van der Waals surface area (Å²) in [6, 6.07) is 16.2. The molecule has 2 aromatic carbocycles. The number of nitrogens with zero attached hydrogens (tertiary/aromatic N) is 2. The van der Waals surface area contributed by atoms with Gasteiger partial charge in [0, 0.05) is 11.8 Å². The fourth-order valence-electron chi connectivity index (χ4n) is 3.30. The molecular formula is C24H23N3O4S2. The van der Waals surface area contributed by atoms with Crippen LogP contribution in [0.4, 0.5) is 5.69 Å². The van der Waals surface area contributed by atoms with Gasteiger partial charge in [-0.15, -0.1) is 11.3 Å². The Balaban J connectivity index is 1.69. The zero-order valence-electron chi connectivity index (χ0n) is 18.4. The van der Waals surface area contributed by atoms with Crippen LogP contribution in [-0.4, -0.2) is 34.9 Å². The van der Waals surface area contributed by atoms with Crippen molar-refractivity contribution in [2.24, 2.45) is 0 Å². The van der Waals surface area contributed by atoms with Crippen LogP contribution >= 0.6 is 23.1 Å². The molecule has 170 valence electrons. The Hall–Kier alpha value is -3.30. The average molecular weight is 482 g/mol. The van der Waals surface area contributed by atoms with E-state index in [1.54, 1.807) is 43.1 Å². The number of ether oxygens (including phenoxy) is 2. The van der Waals surface area contributed by atoms with E-state index in [1.807, 2.05) is 42.6 Å². The Kier molecular flexibility index (Phi) is 7.00. The molecule has 1 N–H and O–H groups in total. The number of fused-ring (bicyclic) bond motifs is 1. The van der Waals surface area contributed by atoms with Gasteiger partial charge in [-0.2, -0.15) is 0 Å². The molecular weight excluding hydrogens is 458 g/mol. The van der Waals surface area contributed by atoms with Crippen LogP contribution in [0.5, 0.6) is 11.5 Å². The molecule has 7 nitrogen and oxygen atoms in total. The number of thiophene rings is 1. The standard InChI is InChI=1S/C24H23N3O4S2/c1-4-20(22(28)25-15-6-5-7-18(14-15)31-3)33-24-26-19-12-13-32-21(19)23(29)27(24)16-8-10-17(30-2)11-9-16/h5-14,20H,4H2,1-3H3,(H,25,28)/t20-/m0/s1. The first-order valence-corrected chi connectivity index (χ1v) is 12.1. The Morgan fingerprint density at radius 1 is 1.12 bits per heavy atom. The fraction of sp³-hybridized carbons (Fsp3) is 0.208. The number of rotatable bonds is 8. The monoisotopic (exact) mass is 481 g/mol. The summed E-state index contributed by atoms with van der Waals surface area (Å²) in [7, 11) is 3.17. The summed E-state index contributed by atoms with van der Waals surface area (Å²) >= 11 is 2.63. The number of amides is 1. The maximum absolute atomic E-state index is 13.3. The van der Waals surface area contributed by atoms with Crippen LogP contribution in [-0.2, 0) is 4.79 Å². The zero-order valence-corrected chi connectivity index (χ0v) is 20.0. The van der Waals surface area contributed by atoms with Gasteiger partial charge in [-0.25, -0.2) is 4.98 Å². The summed E-state index contributed by atoms with van der Waals surface area (Å²) in [6.45, 7) is 1.93. The van der Waals surface area contributed by atoms with Crippen LogP contribution in [0.15, 0.2) is 69.9 Å². The third-order valence-electron chi connectivity index (χ3n) is 5.03. The molecule has 0 unspecified atom stereocenters. The topological polar surface area (TPSA) is 82.5 Å². The smallest absolute Gasteiger partial charge is 0.276 e. The number of benzene rings is 2. The van der Waals surface area contributed by atoms with Gasteiger partial charge in [0.1, 0.15) is 16.2 Å². The maximum Gasteiger partial charge on any atom is 0.276 e. The molecule has 4 aromatic rings. The van der Waals surface area contributed by atoms with Crippen LogP contribution in [0.3, 0.4) is 0 Å². The molecule has 0 aliphatic rings. The van der Waals surface area contributed by atoms with Gasteiger partial charge in [-0.3, -0.25) is 14.2 Å². The van der Waals surface area contributed by atoms with E-state index in [0.29, 0.717) is 44.7 Å². The first-order valence-electron chi connectivity index (χ1n) is 10.3. The second-order valence-electron chi connectivity index (χ2n) is 7.10. The number of carbonyl (C=O) groups is 1. The fourth-order valence-corrected chi connectivity index (χ4v) is 5.09. The minimum absolute atomic E-state index is 0.161. The quantitative estimate of drug-likeness (QED) is 0.283. The molecule has 0 aliphatic carbocycles. The zero-order chi connectivity index (χ0) is 23.4. The lowest BCUT2D eigenvalue weighted by atomic mass is 10.2. The highest BCUT2D eigenvalue weighted by atomic mass is 32.2. The summed E-state index contributed by atoms with van der Waals surface area (Å²) < 4.78 is 12.6. The summed E-state index contributed by atoms with van der Waals surface area (Å²) in [4.78, 5) is 31.1. The van der Waals surface area contributed by atoms with E-state index in [-0.39, 0.29) is 11.5 Å². The van der Waals surface area contributed by atoms with Crippen molar-refractivity contribution >= 4 is 44.9 Å². The van der Waals surface area contributed by atoms with Crippen molar-refractivity contribution in [3.05, 3.63) is 70.3 Å². The summed E-state index contributed by atoms with van der Waals surface area (Å²) in [5.41, 5.74) is 1.77. The van der Waals surface area contributed by atoms with E-state index in [0.717, 1.165) is 0 Å². The van der Waals surface area contributed by atoms with E-state index in [4.69, 9.17) is 14.5 Å². The molecule has 1 atom stereocenters. The molecule has 9 heteroatoms. The number of hydrogen-bond donors (Lipinski definition) is 1. The Labute approximate surface area is 199 Å². The normalized spacial score (nSPS) is 11.8. The molecule has 33 heavy (non-hydrogen) atoms. The van der Waals surface area contributed by atoms with Gasteiger partial charge < -0.3 is 14.8 Å². The average Bonchev–Trinajstić information content (AvgIpc) is 3.32. The molecule has 0 fully saturated rings. The third-order valence-corrected chi connectivity index (χ3v) is 7.24. The van der Waals surface area contributed by atoms with Crippen molar-refractivity contribution in [3.63, 3.8) is 0 Å². The van der Waals surface area contributed by atoms with Gasteiger partial charge in [0.15, 0.2) is 5.16 Å². The lowest BCUT2D eigenvalue weighted by Crippen LogP contribution is -2.27. The molecule has 0 saturated carbocycles. The van der Waals surface area contributed by atoms with Crippen LogP contribution in [0, 0.1) is 0 Å². The molecule has 0 bridgehead atoms. The molecule has 2 heterocycles. The van der Waals surface area contributed by atoms with Crippen molar-refractivity contribution in [3.8, 4) is 17.2 Å². The molecule has 4 rings (SSSR count). The van der Waals surface area contributed by atoms with Gasteiger partial charge in [0.05, 0.1) is 30.7 Å². The van der Waals surface area contributed by atoms with Crippen molar-refractivity contribution in [2.45, 2.75) is 23.8 Å². The largest absolute Gasteiger partial charge is 0.497 e. The number of aromatic nitrogens is 2. The predicted molar refractivity (Wildman–Crippen MR) is 133 cm³/mol. The van der Waals surface area contributed by atoms with Gasteiger partial charge in [0.2, 0.25) is 5.91 Å². The third kappa shape index (κ3) is 4.89. The first-order chi connectivity index (χ1) is 16.0. The number of anilines is 1. The molecule has 2 aromatic heterocycles. The van der Waals surface area contributed by atoms with Crippen molar-refractivity contribution in [2.75, 3.05) is 19.5 Å². The van der Waals surface area contributed by atoms with Crippen LogP contribution in [0.1, 0.15) is 13.3 Å². The predicted octanol–water partition coefficient (Wildman–Crippen LogP) is 4.97. The van der Waals surface area contributed by atoms with Crippen LogP contribution in [0.25, 0.3) is 15.9 Å². The summed E-state index contributed by atoms with van der Waals surface area (Å²) in [6.07, 6.45) is 0.556. The van der Waals surface area contributed by atoms with Gasteiger partial charge in [-0.1, -0.05) is 24.8 Å². The minimum Gasteiger partial charge on any atom is -0.497 e. The highest BCUT2D eigenvalue weighted by Gasteiger charge is 2.23. The minimum atomic E-state index is -0.455. The van der Waals surface area contributed by atoms with E-state index in [9.17, 15) is 9.59 Å². The summed E-state index contributed by atoms with van der Waals surface area (Å²) in [5, 5.41) is 4.79. The van der Waals surface area contributed by atoms with Crippen molar-refractivity contribution < 1.29 is 14.3 Å². The Bertz CT molecular complexity index is 1330. The van der Waals surface area contributed by atoms with E-state index in [2.05, 4.69) is 5.32 Å². The lowest BCUT2D eigenvalue weighted by molar-refractivity contribution is -0.115. The number of thioether (sulfide) groups is 1. The lowest BCUT2D eigenvalue weighted by Gasteiger charge is -2.18. The Morgan fingerprint density at radius 3 is 2.58 bits per heavy atom. The number of methoxy groups -OCH3 is 2. The van der Waals surface area contributed by atoms with Crippen molar-refractivity contribution in [1.82, 2.24) is 9.55 Å². The highest BCUT2D eigenvalue weighted by molar-refractivity contribution is 8.00. The highest BCUT2D eigenvalue weighted by Crippen LogP contribution is 2.29. The second kappa shape index (κ2) is 10.1. The van der Waals surface area contributed by atoms with Gasteiger partial charge in [0.25, 0.3) is 5.56 Å². The summed E-state index contributed by atoms with van der Waals surface area (Å²) in [5.74, 6) is 1.18.